The maximum Gasteiger partial charge on any atom is 0.0760 e. The summed E-state index contributed by atoms with van der Waals surface area (Å²) in [5.41, 5.74) is 2.06. The molecule has 0 radical (unpaired) electrons. The number of rotatable bonds is 5. The van der Waals surface area contributed by atoms with Crippen LogP contribution < -0.4 is 5.32 Å². The van der Waals surface area contributed by atoms with Gasteiger partial charge in [0.05, 0.1) is 11.7 Å². The molecule has 1 atom stereocenters. The summed E-state index contributed by atoms with van der Waals surface area (Å²) in [4.78, 5) is 0. The van der Waals surface area contributed by atoms with Gasteiger partial charge in [-0.05, 0) is 43.3 Å². The van der Waals surface area contributed by atoms with E-state index in [2.05, 4.69) is 17.3 Å². The van der Waals surface area contributed by atoms with Crippen molar-refractivity contribution >= 4 is 23.2 Å². The molecule has 0 fully saturated rings. The Morgan fingerprint density at radius 2 is 2.11 bits per heavy atom. The van der Waals surface area contributed by atoms with Crippen molar-refractivity contribution in [1.82, 2.24) is 15.1 Å². The Balaban J connectivity index is 2.44. The molecule has 1 unspecified atom stereocenters. The molecule has 2 aromatic rings. The van der Waals surface area contributed by atoms with Crippen LogP contribution >= 0.6 is 23.2 Å². The molecule has 1 aromatic heterocycles. The zero-order valence-electron chi connectivity index (χ0n) is 11.0. The topological polar surface area (TPSA) is 29.9 Å². The summed E-state index contributed by atoms with van der Waals surface area (Å²) in [6.07, 6.45) is 2.85. The van der Waals surface area contributed by atoms with Gasteiger partial charge < -0.3 is 5.32 Å². The quantitative estimate of drug-likeness (QED) is 0.907. The maximum absolute atomic E-state index is 6.29. The standard InChI is InChI=1S/C14H17Cl2N3/c1-3-8-19-13(6-7-18-19)14(17-2)11-9-10(15)4-5-12(11)16/h4-7,9,14,17H,3,8H2,1-2H3. The lowest BCUT2D eigenvalue weighted by Gasteiger charge is -2.19. The molecule has 1 heterocycles. The highest BCUT2D eigenvalue weighted by atomic mass is 35.5. The molecule has 3 nitrogen and oxygen atoms in total. The van der Waals surface area contributed by atoms with Gasteiger partial charge in [-0.2, -0.15) is 5.10 Å². The summed E-state index contributed by atoms with van der Waals surface area (Å²) in [5, 5.41) is 9.02. The molecule has 0 aliphatic carbocycles. The Morgan fingerprint density at radius 1 is 1.32 bits per heavy atom. The molecule has 0 aliphatic heterocycles. The van der Waals surface area contributed by atoms with Crippen LogP contribution in [-0.2, 0) is 6.54 Å². The third-order valence-corrected chi connectivity index (χ3v) is 3.62. The highest BCUT2D eigenvalue weighted by Crippen LogP contribution is 2.30. The predicted octanol–water partition coefficient (Wildman–Crippen LogP) is 3.91. The van der Waals surface area contributed by atoms with Crippen LogP contribution in [0.1, 0.15) is 30.6 Å². The van der Waals surface area contributed by atoms with Crippen LogP contribution in [-0.4, -0.2) is 16.8 Å². The van der Waals surface area contributed by atoms with E-state index in [1.165, 1.54) is 0 Å². The first-order chi connectivity index (χ1) is 9.17. The number of hydrogen-bond donors (Lipinski definition) is 1. The molecule has 0 bridgehead atoms. The van der Waals surface area contributed by atoms with Crippen LogP contribution in [0.5, 0.6) is 0 Å². The minimum atomic E-state index is -0.0137. The summed E-state index contributed by atoms with van der Waals surface area (Å²) in [5.74, 6) is 0. The lowest BCUT2D eigenvalue weighted by Crippen LogP contribution is -2.22. The second-order valence-electron chi connectivity index (χ2n) is 4.37. The molecule has 0 aliphatic rings. The number of benzene rings is 1. The van der Waals surface area contributed by atoms with Crippen molar-refractivity contribution in [3.63, 3.8) is 0 Å². The van der Waals surface area contributed by atoms with Crippen molar-refractivity contribution in [2.75, 3.05) is 7.05 Å². The Morgan fingerprint density at radius 3 is 2.79 bits per heavy atom. The fraction of sp³-hybridized carbons (Fsp3) is 0.357. The minimum Gasteiger partial charge on any atom is -0.308 e. The van der Waals surface area contributed by atoms with Gasteiger partial charge in [0.2, 0.25) is 0 Å². The summed E-state index contributed by atoms with van der Waals surface area (Å²) in [7, 11) is 1.91. The van der Waals surface area contributed by atoms with Gasteiger partial charge in [-0.25, -0.2) is 0 Å². The van der Waals surface area contributed by atoms with E-state index in [1.807, 2.05) is 36.1 Å². The first-order valence-electron chi connectivity index (χ1n) is 6.31. The highest BCUT2D eigenvalue weighted by Gasteiger charge is 2.19. The van der Waals surface area contributed by atoms with E-state index in [0.717, 1.165) is 24.2 Å². The molecular formula is C14H17Cl2N3. The lowest BCUT2D eigenvalue weighted by molar-refractivity contribution is 0.535. The molecule has 0 amide bonds. The van der Waals surface area contributed by atoms with Crippen molar-refractivity contribution in [2.45, 2.75) is 25.9 Å². The van der Waals surface area contributed by atoms with Crippen molar-refractivity contribution < 1.29 is 0 Å². The monoisotopic (exact) mass is 297 g/mol. The molecular weight excluding hydrogens is 281 g/mol. The molecule has 0 spiro atoms. The summed E-state index contributed by atoms with van der Waals surface area (Å²) in [6.45, 7) is 3.02. The first kappa shape index (κ1) is 14.4. The number of nitrogens with one attached hydrogen (secondary N) is 1. The molecule has 1 N–H and O–H groups in total. The molecule has 2 rings (SSSR count). The van der Waals surface area contributed by atoms with E-state index in [-0.39, 0.29) is 6.04 Å². The maximum atomic E-state index is 6.29. The lowest BCUT2D eigenvalue weighted by atomic mass is 10.0. The smallest absolute Gasteiger partial charge is 0.0760 e. The Bertz CT molecular complexity index is 551. The van der Waals surface area contributed by atoms with Crippen molar-refractivity contribution in [2.24, 2.45) is 0 Å². The van der Waals surface area contributed by atoms with E-state index in [1.54, 1.807) is 6.07 Å². The van der Waals surface area contributed by atoms with E-state index in [9.17, 15) is 0 Å². The van der Waals surface area contributed by atoms with Gasteiger partial charge in [0.1, 0.15) is 0 Å². The van der Waals surface area contributed by atoms with Crippen LogP contribution in [0.3, 0.4) is 0 Å². The molecule has 19 heavy (non-hydrogen) atoms. The van der Waals surface area contributed by atoms with Gasteiger partial charge in [0.25, 0.3) is 0 Å². The van der Waals surface area contributed by atoms with E-state index in [0.29, 0.717) is 10.0 Å². The van der Waals surface area contributed by atoms with E-state index < -0.39 is 0 Å². The fourth-order valence-corrected chi connectivity index (χ4v) is 2.59. The van der Waals surface area contributed by atoms with Crippen molar-refractivity contribution in [3.05, 3.63) is 51.8 Å². The minimum absolute atomic E-state index is 0.0137. The Labute approximate surface area is 123 Å². The number of halogens is 2. The average Bonchev–Trinajstić information content (AvgIpc) is 2.83. The van der Waals surface area contributed by atoms with Gasteiger partial charge in [-0.3, -0.25) is 4.68 Å². The molecule has 5 heteroatoms. The number of hydrogen-bond acceptors (Lipinski definition) is 2. The first-order valence-corrected chi connectivity index (χ1v) is 7.07. The zero-order chi connectivity index (χ0) is 13.8. The number of aromatic nitrogens is 2. The van der Waals surface area contributed by atoms with Gasteiger partial charge in [-0.1, -0.05) is 30.1 Å². The van der Waals surface area contributed by atoms with Gasteiger partial charge in [0.15, 0.2) is 0 Å². The average molecular weight is 298 g/mol. The number of aryl methyl sites for hydroxylation is 1. The van der Waals surface area contributed by atoms with E-state index >= 15 is 0 Å². The number of nitrogens with zero attached hydrogens (tertiary/aromatic N) is 2. The van der Waals surface area contributed by atoms with Gasteiger partial charge >= 0.3 is 0 Å². The third-order valence-electron chi connectivity index (χ3n) is 3.04. The summed E-state index contributed by atoms with van der Waals surface area (Å²) < 4.78 is 2.00. The molecule has 0 saturated carbocycles. The predicted molar refractivity (Wildman–Crippen MR) is 79.9 cm³/mol. The van der Waals surface area contributed by atoms with E-state index in [4.69, 9.17) is 23.2 Å². The van der Waals surface area contributed by atoms with Gasteiger partial charge in [0, 0.05) is 22.8 Å². The second-order valence-corrected chi connectivity index (χ2v) is 5.21. The van der Waals surface area contributed by atoms with Crippen LogP contribution in [0.25, 0.3) is 0 Å². The molecule has 1 aromatic carbocycles. The zero-order valence-corrected chi connectivity index (χ0v) is 12.5. The normalized spacial score (nSPS) is 12.6. The molecule has 0 saturated heterocycles. The Kier molecular flexibility index (Phi) is 4.86. The van der Waals surface area contributed by atoms with Crippen LogP contribution in [0.4, 0.5) is 0 Å². The largest absolute Gasteiger partial charge is 0.308 e. The highest BCUT2D eigenvalue weighted by molar-refractivity contribution is 6.33. The van der Waals surface area contributed by atoms with Crippen molar-refractivity contribution in [3.8, 4) is 0 Å². The van der Waals surface area contributed by atoms with Gasteiger partial charge in [-0.15, -0.1) is 0 Å². The van der Waals surface area contributed by atoms with Crippen molar-refractivity contribution in [1.29, 1.82) is 0 Å². The summed E-state index contributed by atoms with van der Waals surface area (Å²) >= 11 is 12.4. The SMILES string of the molecule is CCCn1nccc1C(NC)c1cc(Cl)ccc1Cl. The van der Waals surface area contributed by atoms with Crippen LogP contribution in [0, 0.1) is 0 Å². The van der Waals surface area contributed by atoms with Crippen LogP contribution in [0.15, 0.2) is 30.5 Å². The third kappa shape index (κ3) is 3.11. The van der Waals surface area contributed by atoms with Crippen LogP contribution in [0.2, 0.25) is 10.0 Å². The molecule has 102 valence electrons. The Hall–Kier alpha value is -1.03. The second kappa shape index (κ2) is 6.42. The summed E-state index contributed by atoms with van der Waals surface area (Å²) in [6, 6.07) is 7.51. The fourth-order valence-electron chi connectivity index (χ4n) is 2.19.